The maximum Gasteiger partial charge on any atom is 0.269 e. The highest BCUT2D eigenvalue weighted by molar-refractivity contribution is 7.98. The third kappa shape index (κ3) is 3.22. The number of pyridine rings is 1. The first-order chi connectivity index (χ1) is 12.7. The number of hydrogen-bond acceptors (Lipinski definition) is 4. The van der Waals surface area contributed by atoms with E-state index in [4.69, 9.17) is 9.15 Å². The summed E-state index contributed by atoms with van der Waals surface area (Å²) in [5.41, 5.74) is 1.49. The molecule has 2 aromatic heterocycles. The molecule has 0 aliphatic carbocycles. The lowest BCUT2D eigenvalue weighted by molar-refractivity contribution is 0.414. The summed E-state index contributed by atoms with van der Waals surface area (Å²) in [6.07, 6.45) is 0. The van der Waals surface area contributed by atoms with Crippen molar-refractivity contribution < 1.29 is 9.15 Å². The number of benzene rings is 2. The minimum atomic E-state index is -0.0419. The van der Waals surface area contributed by atoms with Gasteiger partial charge in [-0.15, -0.1) is 0 Å². The Hall–Kier alpha value is -2.66. The Bertz CT molecular complexity index is 1090. The van der Waals surface area contributed by atoms with E-state index in [1.54, 1.807) is 11.1 Å². The topological polar surface area (TPSA) is 44.4 Å². The molecule has 0 aliphatic heterocycles. The van der Waals surface area contributed by atoms with E-state index in [0.29, 0.717) is 5.39 Å². The van der Waals surface area contributed by atoms with Gasteiger partial charge in [0, 0.05) is 16.3 Å². The maximum atomic E-state index is 13.0. The van der Waals surface area contributed by atoms with Crippen LogP contribution in [0.5, 0.6) is 5.75 Å². The Balaban J connectivity index is 0.000000948. The lowest BCUT2D eigenvalue weighted by atomic mass is 10.1. The first-order valence-corrected chi connectivity index (χ1v) is 9.31. The second-order valence-corrected chi connectivity index (χ2v) is 6.50. The summed E-state index contributed by atoms with van der Waals surface area (Å²) in [4.78, 5) is 13.9. The van der Waals surface area contributed by atoms with Crippen LogP contribution >= 0.6 is 11.9 Å². The van der Waals surface area contributed by atoms with Crippen LogP contribution in [0.2, 0.25) is 0 Å². The Labute approximate surface area is 156 Å². The van der Waals surface area contributed by atoms with Crippen molar-refractivity contribution in [3.8, 4) is 5.75 Å². The van der Waals surface area contributed by atoms with Gasteiger partial charge in [0.1, 0.15) is 17.0 Å². The monoisotopic (exact) mass is 367 g/mol. The molecule has 0 bridgehead atoms. The molecular formula is C21H21NO3S. The number of aromatic nitrogens is 1. The number of methoxy groups -OCH3 is 1. The first-order valence-electron chi connectivity index (χ1n) is 8.53. The maximum absolute atomic E-state index is 13.0. The van der Waals surface area contributed by atoms with Crippen molar-refractivity contribution in [2.45, 2.75) is 25.7 Å². The van der Waals surface area contributed by atoms with Gasteiger partial charge >= 0.3 is 0 Å². The first kappa shape index (κ1) is 18.1. The molecule has 0 amide bonds. The average Bonchev–Trinajstić information content (AvgIpc) is 3.09. The van der Waals surface area contributed by atoms with Crippen molar-refractivity contribution in [1.29, 1.82) is 0 Å². The van der Waals surface area contributed by atoms with Gasteiger partial charge in [-0.25, -0.2) is 3.97 Å². The molecule has 26 heavy (non-hydrogen) atoms. The fraction of sp³-hybridized carbons (Fsp3) is 0.190. The minimum absolute atomic E-state index is 0.0419. The number of rotatable bonds is 3. The van der Waals surface area contributed by atoms with Crippen LogP contribution in [0.4, 0.5) is 0 Å². The summed E-state index contributed by atoms with van der Waals surface area (Å²) in [5.74, 6) is 1.57. The second kappa shape index (κ2) is 7.70. The number of aryl methyl sites for hydroxylation is 1. The second-order valence-electron chi connectivity index (χ2n) is 5.48. The largest absolute Gasteiger partial charge is 0.497 e. The molecule has 0 unspecified atom stereocenters. The lowest BCUT2D eigenvalue weighted by Gasteiger charge is -2.09. The van der Waals surface area contributed by atoms with Crippen molar-refractivity contribution in [3.63, 3.8) is 0 Å². The Kier molecular flexibility index (Phi) is 5.38. The van der Waals surface area contributed by atoms with Crippen molar-refractivity contribution >= 4 is 33.8 Å². The summed E-state index contributed by atoms with van der Waals surface area (Å²) in [6, 6.07) is 17.1. The molecule has 4 nitrogen and oxygen atoms in total. The number of nitrogens with zero attached hydrogens (tertiary/aromatic N) is 1. The van der Waals surface area contributed by atoms with Gasteiger partial charge in [-0.05, 0) is 49.2 Å². The van der Waals surface area contributed by atoms with Crippen LogP contribution in [0.1, 0.15) is 19.6 Å². The fourth-order valence-electron chi connectivity index (χ4n) is 2.76. The van der Waals surface area contributed by atoms with E-state index in [1.807, 2.05) is 75.4 Å². The van der Waals surface area contributed by atoms with Crippen LogP contribution in [-0.2, 0) is 0 Å². The molecule has 0 radical (unpaired) electrons. The van der Waals surface area contributed by atoms with Crippen LogP contribution in [0, 0.1) is 6.92 Å². The van der Waals surface area contributed by atoms with Gasteiger partial charge in [0.15, 0.2) is 5.58 Å². The number of hydrogen-bond donors (Lipinski definition) is 0. The molecule has 0 fully saturated rings. The summed E-state index contributed by atoms with van der Waals surface area (Å²) < 4.78 is 12.7. The standard InChI is InChI=1S/C19H15NO3S.C2H6/c1-12-11-17-18(23-12)15-5-3-4-6-16(15)19(21)20(17)24-14-9-7-13(22-2)8-10-14;1-2/h3-11H,1-2H3;1-2H3. The van der Waals surface area contributed by atoms with Crippen molar-refractivity contribution in [2.75, 3.05) is 7.11 Å². The Morgan fingerprint density at radius 3 is 2.31 bits per heavy atom. The predicted octanol–water partition coefficient (Wildman–Crippen LogP) is 5.65. The van der Waals surface area contributed by atoms with E-state index in [2.05, 4.69) is 0 Å². The van der Waals surface area contributed by atoms with Gasteiger partial charge in [-0.3, -0.25) is 4.79 Å². The number of fused-ring (bicyclic) bond motifs is 3. The van der Waals surface area contributed by atoms with E-state index in [-0.39, 0.29) is 5.56 Å². The van der Waals surface area contributed by atoms with Crippen LogP contribution in [0.3, 0.4) is 0 Å². The summed E-state index contributed by atoms with van der Waals surface area (Å²) in [6.45, 7) is 5.89. The molecule has 2 aromatic carbocycles. The highest BCUT2D eigenvalue weighted by Crippen LogP contribution is 2.31. The fourth-order valence-corrected chi connectivity index (χ4v) is 3.65. The molecule has 4 aromatic rings. The molecular weight excluding hydrogens is 346 g/mol. The zero-order valence-electron chi connectivity index (χ0n) is 15.3. The smallest absolute Gasteiger partial charge is 0.269 e. The molecule has 0 spiro atoms. The molecule has 0 aliphatic rings. The molecule has 2 heterocycles. The SMILES string of the molecule is CC.COc1ccc(Sn2c(=O)c3ccccc3c3oc(C)cc32)cc1. The third-order valence-electron chi connectivity index (χ3n) is 3.90. The van der Waals surface area contributed by atoms with Crippen molar-refractivity contribution in [2.24, 2.45) is 0 Å². The number of ether oxygens (including phenoxy) is 1. The van der Waals surface area contributed by atoms with E-state index in [1.165, 1.54) is 11.9 Å². The van der Waals surface area contributed by atoms with Gasteiger partial charge in [0.2, 0.25) is 0 Å². The molecule has 0 saturated heterocycles. The van der Waals surface area contributed by atoms with Crippen molar-refractivity contribution in [3.05, 3.63) is 70.7 Å². The average molecular weight is 367 g/mol. The van der Waals surface area contributed by atoms with Gasteiger partial charge in [0.25, 0.3) is 5.56 Å². The lowest BCUT2D eigenvalue weighted by Crippen LogP contribution is -2.15. The van der Waals surface area contributed by atoms with E-state index >= 15 is 0 Å². The molecule has 4 rings (SSSR count). The molecule has 5 heteroatoms. The highest BCUT2D eigenvalue weighted by atomic mass is 32.2. The highest BCUT2D eigenvalue weighted by Gasteiger charge is 2.15. The Morgan fingerprint density at radius 1 is 1.00 bits per heavy atom. The molecule has 0 atom stereocenters. The third-order valence-corrected chi connectivity index (χ3v) is 4.93. The molecule has 0 N–H and O–H groups in total. The quantitative estimate of drug-likeness (QED) is 0.469. The van der Waals surface area contributed by atoms with Gasteiger partial charge < -0.3 is 9.15 Å². The zero-order chi connectivity index (χ0) is 18.7. The van der Waals surface area contributed by atoms with Crippen LogP contribution < -0.4 is 10.3 Å². The van der Waals surface area contributed by atoms with Crippen LogP contribution in [0.15, 0.2) is 68.7 Å². The summed E-state index contributed by atoms with van der Waals surface area (Å²) >= 11 is 1.38. The van der Waals surface area contributed by atoms with Crippen LogP contribution in [-0.4, -0.2) is 11.1 Å². The van der Waals surface area contributed by atoms with Gasteiger partial charge in [0.05, 0.1) is 12.5 Å². The Morgan fingerprint density at radius 2 is 1.65 bits per heavy atom. The van der Waals surface area contributed by atoms with Crippen LogP contribution in [0.25, 0.3) is 21.9 Å². The van der Waals surface area contributed by atoms with E-state index in [9.17, 15) is 4.79 Å². The van der Waals surface area contributed by atoms with E-state index in [0.717, 1.165) is 32.9 Å². The normalized spacial score (nSPS) is 10.6. The predicted molar refractivity (Wildman–Crippen MR) is 108 cm³/mol. The zero-order valence-corrected chi connectivity index (χ0v) is 16.1. The van der Waals surface area contributed by atoms with Crippen molar-refractivity contribution in [1.82, 2.24) is 3.97 Å². The summed E-state index contributed by atoms with van der Waals surface area (Å²) in [7, 11) is 1.63. The van der Waals surface area contributed by atoms with Gasteiger partial charge in [-0.1, -0.05) is 32.0 Å². The molecule has 0 saturated carbocycles. The van der Waals surface area contributed by atoms with E-state index < -0.39 is 0 Å². The summed E-state index contributed by atoms with van der Waals surface area (Å²) in [5, 5.41) is 1.50. The number of furan rings is 1. The minimum Gasteiger partial charge on any atom is -0.497 e. The molecule has 134 valence electrons. The van der Waals surface area contributed by atoms with Gasteiger partial charge in [-0.2, -0.15) is 0 Å².